The highest BCUT2D eigenvalue weighted by Crippen LogP contribution is 2.64. The van der Waals surface area contributed by atoms with Crippen LogP contribution in [0.1, 0.15) is 39.0 Å². The van der Waals surface area contributed by atoms with Gasteiger partial charge in [0.05, 0.1) is 5.60 Å². The summed E-state index contributed by atoms with van der Waals surface area (Å²) < 4.78 is 6.03. The molecule has 4 fully saturated rings. The maximum absolute atomic E-state index is 9.79. The van der Waals surface area contributed by atoms with Crippen molar-refractivity contribution in [2.45, 2.75) is 63.0 Å². The molecule has 0 aromatic rings. The van der Waals surface area contributed by atoms with Crippen molar-refractivity contribution in [2.75, 3.05) is 6.54 Å². The molecule has 3 heteroatoms. The third-order valence-electron chi connectivity index (χ3n) is 5.75. The first kappa shape index (κ1) is 9.86. The van der Waals surface area contributed by atoms with Gasteiger partial charge < -0.3 is 9.84 Å². The first-order valence-electron chi connectivity index (χ1n) is 6.85. The minimum absolute atomic E-state index is 0.0548. The molecule has 4 rings (SSSR count). The summed E-state index contributed by atoms with van der Waals surface area (Å²) in [5.74, 6) is 1.33. The summed E-state index contributed by atoms with van der Waals surface area (Å²) in [6, 6.07) is 1.28. The predicted octanol–water partition coefficient (Wildman–Crippen LogP) is 1.36. The molecule has 4 aliphatic rings. The maximum Gasteiger partial charge on any atom is 0.155 e. The quantitative estimate of drug-likeness (QED) is 0.673. The van der Waals surface area contributed by atoms with Gasteiger partial charge in [-0.05, 0) is 38.6 Å². The van der Waals surface area contributed by atoms with Crippen molar-refractivity contribution in [2.24, 2.45) is 11.8 Å². The second-order valence-electron chi connectivity index (χ2n) is 6.19. The lowest BCUT2D eigenvalue weighted by Crippen LogP contribution is -2.59. The fourth-order valence-electron chi connectivity index (χ4n) is 5.14. The number of rotatable bonds is 0. The van der Waals surface area contributed by atoms with Crippen molar-refractivity contribution in [3.63, 3.8) is 0 Å². The van der Waals surface area contributed by atoms with Gasteiger partial charge in [0.1, 0.15) is 0 Å². The standard InChI is InChI=1S/C13H21NO2/c1-8-10-6-9-7-12(15)16-13(9,10)11-4-2-3-5-14(8)11/h8-12,15H,2-7H2,1H3/t8-,9?,10?,11+,12?,13+/m0/s1. The number of aliphatic hydroxyl groups excluding tert-OH is 1. The number of nitrogens with zero attached hydrogens (tertiary/aromatic N) is 1. The number of hydrogen-bond acceptors (Lipinski definition) is 3. The Balaban J connectivity index is 1.72. The Morgan fingerprint density at radius 3 is 3.00 bits per heavy atom. The second-order valence-corrected chi connectivity index (χ2v) is 6.19. The van der Waals surface area contributed by atoms with Gasteiger partial charge in [-0.25, -0.2) is 0 Å². The highest BCUT2D eigenvalue weighted by atomic mass is 16.6. The average molecular weight is 223 g/mol. The highest BCUT2D eigenvalue weighted by molar-refractivity contribution is 5.22. The number of ether oxygens (including phenoxy) is 1. The van der Waals surface area contributed by atoms with Crippen LogP contribution in [0.5, 0.6) is 0 Å². The second kappa shape index (κ2) is 3.01. The van der Waals surface area contributed by atoms with Crippen molar-refractivity contribution in [3.05, 3.63) is 0 Å². The number of piperidine rings is 1. The minimum Gasteiger partial charge on any atom is -0.368 e. The van der Waals surface area contributed by atoms with E-state index >= 15 is 0 Å². The van der Waals surface area contributed by atoms with Crippen molar-refractivity contribution < 1.29 is 9.84 Å². The third kappa shape index (κ3) is 0.925. The van der Waals surface area contributed by atoms with Gasteiger partial charge in [0.25, 0.3) is 0 Å². The van der Waals surface area contributed by atoms with E-state index in [1.165, 1.54) is 32.2 Å². The van der Waals surface area contributed by atoms with Gasteiger partial charge in [0.15, 0.2) is 6.29 Å². The molecule has 90 valence electrons. The van der Waals surface area contributed by atoms with Gasteiger partial charge in [-0.3, -0.25) is 4.90 Å². The first-order chi connectivity index (χ1) is 7.73. The molecule has 0 amide bonds. The van der Waals surface area contributed by atoms with E-state index in [1.54, 1.807) is 0 Å². The normalized spacial score (nSPS) is 60.0. The lowest BCUT2D eigenvalue weighted by atomic mass is 9.58. The average Bonchev–Trinajstić information content (AvgIpc) is 2.62. The first-order valence-corrected chi connectivity index (χ1v) is 6.85. The van der Waals surface area contributed by atoms with Gasteiger partial charge in [0, 0.05) is 24.4 Å². The molecule has 0 radical (unpaired) electrons. The maximum atomic E-state index is 9.79. The van der Waals surface area contributed by atoms with Crippen LogP contribution < -0.4 is 0 Å². The van der Waals surface area contributed by atoms with E-state index in [0.717, 1.165) is 6.42 Å². The molecule has 0 bridgehead atoms. The van der Waals surface area contributed by atoms with Crippen molar-refractivity contribution in [3.8, 4) is 0 Å². The van der Waals surface area contributed by atoms with E-state index in [-0.39, 0.29) is 5.60 Å². The van der Waals surface area contributed by atoms with Crippen LogP contribution >= 0.6 is 0 Å². The Labute approximate surface area is 96.8 Å². The molecule has 3 saturated heterocycles. The summed E-state index contributed by atoms with van der Waals surface area (Å²) in [5, 5.41) is 9.79. The van der Waals surface area contributed by atoms with E-state index < -0.39 is 6.29 Å². The van der Waals surface area contributed by atoms with Gasteiger partial charge in [-0.1, -0.05) is 6.42 Å². The van der Waals surface area contributed by atoms with Crippen LogP contribution in [0.15, 0.2) is 0 Å². The summed E-state index contributed by atoms with van der Waals surface area (Å²) in [6.07, 6.45) is 5.65. The Hall–Kier alpha value is -0.120. The summed E-state index contributed by atoms with van der Waals surface area (Å²) in [7, 11) is 0. The zero-order valence-corrected chi connectivity index (χ0v) is 9.93. The molecular weight excluding hydrogens is 202 g/mol. The third-order valence-corrected chi connectivity index (χ3v) is 5.75. The fourth-order valence-corrected chi connectivity index (χ4v) is 5.14. The predicted molar refractivity (Wildman–Crippen MR) is 59.8 cm³/mol. The molecule has 6 atom stereocenters. The number of hydrogen-bond donors (Lipinski definition) is 1. The SMILES string of the molecule is C[C@H]1C2CC3CC(O)O[C@]32[C@H]2CCCCN12. The van der Waals surface area contributed by atoms with Crippen molar-refractivity contribution in [1.29, 1.82) is 0 Å². The molecule has 3 heterocycles. The monoisotopic (exact) mass is 223 g/mol. The van der Waals surface area contributed by atoms with E-state index in [0.29, 0.717) is 23.9 Å². The molecule has 3 unspecified atom stereocenters. The van der Waals surface area contributed by atoms with Gasteiger partial charge in [0.2, 0.25) is 0 Å². The van der Waals surface area contributed by atoms with E-state index in [9.17, 15) is 5.11 Å². The van der Waals surface area contributed by atoms with Gasteiger partial charge in [-0.15, -0.1) is 0 Å². The summed E-state index contributed by atoms with van der Waals surface area (Å²) >= 11 is 0. The summed E-state index contributed by atoms with van der Waals surface area (Å²) in [6.45, 7) is 3.61. The molecular formula is C13H21NO2. The fraction of sp³-hybridized carbons (Fsp3) is 1.00. The lowest BCUT2D eigenvalue weighted by Gasteiger charge is -2.50. The molecule has 16 heavy (non-hydrogen) atoms. The molecule has 0 aromatic carbocycles. The molecule has 1 spiro atoms. The van der Waals surface area contributed by atoms with Crippen LogP contribution in [0.2, 0.25) is 0 Å². The molecule has 1 aliphatic carbocycles. The summed E-state index contributed by atoms with van der Waals surface area (Å²) in [4.78, 5) is 2.67. The number of fused-ring (bicyclic) bond motifs is 1. The van der Waals surface area contributed by atoms with Crippen LogP contribution in [0.3, 0.4) is 0 Å². The molecule has 3 aliphatic heterocycles. The van der Waals surface area contributed by atoms with Crippen LogP contribution in [-0.2, 0) is 4.74 Å². The zero-order chi connectivity index (χ0) is 10.9. The molecule has 1 saturated carbocycles. The van der Waals surface area contributed by atoms with Gasteiger partial charge in [-0.2, -0.15) is 0 Å². The Bertz CT molecular complexity index is 321. The minimum atomic E-state index is -0.482. The number of aliphatic hydroxyl groups is 1. The van der Waals surface area contributed by atoms with E-state index in [2.05, 4.69) is 11.8 Å². The lowest BCUT2D eigenvalue weighted by molar-refractivity contribution is -0.198. The topological polar surface area (TPSA) is 32.7 Å². The summed E-state index contributed by atoms with van der Waals surface area (Å²) in [5.41, 5.74) is 0.0548. The van der Waals surface area contributed by atoms with Gasteiger partial charge >= 0.3 is 0 Å². The molecule has 1 N–H and O–H groups in total. The Kier molecular flexibility index (Phi) is 1.85. The smallest absolute Gasteiger partial charge is 0.155 e. The van der Waals surface area contributed by atoms with E-state index in [1.807, 2.05) is 0 Å². The van der Waals surface area contributed by atoms with Crippen LogP contribution in [0.25, 0.3) is 0 Å². The van der Waals surface area contributed by atoms with Crippen LogP contribution in [0, 0.1) is 11.8 Å². The zero-order valence-electron chi connectivity index (χ0n) is 9.93. The highest BCUT2D eigenvalue weighted by Gasteiger charge is 2.71. The van der Waals surface area contributed by atoms with Crippen LogP contribution in [0.4, 0.5) is 0 Å². The Morgan fingerprint density at radius 1 is 1.31 bits per heavy atom. The van der Waals surface area contributed by atoms with Crippen LogP contribution in [-0.4, -0.2) is 40.5 Å². The molecule has 3 nitrogen and oxygen atoms in total. The molecule has 0 aromatic heterocycles. The van der Waals surface area contributed by atoms with E-state index in [4.69, 9.17) is 4.74 Å². The van der Waals surface area contributed by atoms with Crippen molar-refractivity contribution in [1.82, 2.24) is 4.90 Å². The van der Waals surface area contributed by atoms with Crippen molar-refractivity contribution >= 4 is 0 Å². The largest absolute Gasteiger partial charge is 0.368 e. The Morgan fingerprint density at radius 2 is 2.19 bits per heavy atom.